The number of hydrogen-bond donors (Lipinski definition) is 1. The number of carbonyl (C=O) groups is 2. The smallest absolute Gasteiger partial charge is 0.307 e. The Morgan fingerprint density at radius 2 is 2.03 bits per heavy atom. The maximum absolute atomic E-state index is 13.1. The molecule has 1 aliphatic carbocycles. The van der Waals surface area contributed by atoms with E-state index in [4.69, 9.17) is 31.4 Å². The van der Waals surface area contributed by atoms with Crippen molar-refractivity contribution in [3.63, 3.8) is 0 Å². The number of ether oxygens (including phenoxy) is 1. The molecule has 0 fully saturated rings. The standard InChI is InChI=1S/C24H20ClN3O4/c1-32-20-8-6-14(11-17(20)25)23-26-18-4-2-3-16(18)24(27-23)28-19-7-5-13(10-22(30)31)9-15(19)12-21(28)29/h5-9,11H,2-4,10,12H2,1H3,(H,30,31). The van der Waals surface area contributed by atoms with Crippen molar-refractivity contribution in [2.24, 2.45) is 0 Å². The Morgan fingerprint density at radius 3 is 2.78 bits per heavy atom. The molecule has 1 N–H and O–H groups in total. The largest absolute Gasteiger partial charge is 0.495 e. The average Bonchev–Trinajstić information content (AvgIpc) is 3.35. The van der Waals surface area contributed by atoms with Gasteiger partial charge in [0.15, 0.2) is 5.82 Å². The van der Waals surface area contributed by atoms with Gasteiger partial charge in [-0.1, -0.05) is 23.7 Å². The Balaban J connectivity index is 1.61. The van der Waals surface area contributed by atoms with Gasteiger partial charge in [-0.2, -0.15) is 0 Å². The van der Waals surface area contributed by atoms with Crippen LogP contribution >= 0.6 is 11.6 Å². The van der Waals surface area contributed by atoms with Gasteiger partial charge < -0.3 is 9.84 Å². The molecule has 0 radical (unpaired) electrons. The van der Waals surface area contributed by atoms with Crippen LogP contribution in [-0.2, 0) is 35.3 Å². The number of rotatable bonds is 5. The summed E-state index contributed by atoms with van der Waals surface area (Å²) in [6, 6.07) is 10.7. The van der Waals surface area contributed by atoms with Crippen molar-refractivity contribution in [2.45, 2.75) is 32.1 Å². The predicted molar refractivity (Wildman–Crippen MR) is 120 cm³/mol. The van der Waals surface area contributed by atoms with Crippen LogP contribution in [0.3, 0.4) is 0 Å². The first-order chi connectivity index (χ1) is 15.4. The first-order valence-corrected chi connectivity index (χ1v) is 10.7. The Morgan fingerprint density at radius 1 is 1.19 bits per heavy atom. The topological polar surface area (TPSA) is 92.6 Å². The van der Waals surface area contributed by atoms with Gasteiger partial charge in [0.1, 0.15) is 11.6 Å². The van der Waals surface area contributed by atoms with E-state index in [1.807, 2.05) is 12.1 Å². The van der Waals surface area contributed by atoms with Crippen molar-refractivity contribution in [2.75, 3.05) is 12.0 Å². The number of aliphatic carboxylic acids is 1. The fraction of sp³-hybridized carbons (Fsp3) is 0.250. The number of benzene rings is 2. The van der Waals surface area contributed by atoms with Gasteiger partial charge in [0.05, 0.1) is 30.7 Å². The zero-order valence-electron chi connectivity index (χ0n) is 17.4. The summed E-state index contributed by atoms with van der Waals surface area (Å²) in [5.41, 5.74) is 4.91. The number of nitrogens with zero attached hydrogens (tertiary/aromatic N) is 3. The second-order valence-electron chi connectivity index (χ2n) is 7.94. The van der Waals surface area contributed by atoms with E-state index in [9.17, 15) is 9.59 Å². The molecule has 8 heteroatoms. The molecule has 1 aromatic heterocycles. The molecular formula is C24H20ClN3O4. The molecule has 0 atom stereocenters. The first-order valence-electron chi connectivity index (χ1n) is 10.3. The SMILES string of the molecule is COc1ccc(-c2nc3c(c(N4C(=O)Cc5cc(CC(=O)O)ccc54)n2)CCC3)cc1Cl. The molecule has 0 bridgehead atoms. The molecule has 2 aliphatic rings. The number of amides is 1. The second kappa shape index (κ2) is 7.91. The number of hydrogen-bond acceptors (Lipinski definition) is 5. The summed E-state index contributed by atoms with van der Waals surface area (Å²) in [6.45, 7) is 0. The lowest BCUT2D eigenvalue weighted by atomic mass is 10.1. The molecule has 0 saturated heterocycles. The Hall–Kier alpha value is -3.45. The van der Waals surface area contributed by atoms with Crippen molar-refractivity contribution in [3.05, 3.63) is 63.8 Å². The fourth-order valence-electron chi connectivity index (χ4n) is 4.42. The summed E-state index contributed by atoms with van der Waals surface area (Å²) in [5, 5.41) is 9.55. The van der Waals surface area contributed by atoms with Gasteiger partial charge in [-0.15, -0.1) is 0 Å². The molecule has 162 valence electrons. The molecule has 0 spiro atoms. The van der Waals surface area contributed by atoms with Gasteiger partial charge in [0.2, 0.25) is 5.91 Å². The van der Waals surface area contributed by atoms with Crippen molar-refractivity contribution < 1.29 is 19.4 Å². The molecule has 2 aromatic carbocycles. The van der Waals surface area contributed by atoms with Crippen LogP contribution in [0.5, 0.6) is 5.75 Å². The van der Waals surface area contributed by atoms with E-state index >= 15 is 0 Å². The average molecular weight is 450 g/mol. The number of fused-ring (bicyclic) bond motifs is 2. The van der Waals surface area contributed by atoms with Crippen molar-refractivity contribution >= 4 is 35.0 Å². The summed E-state index contributed by atoms with van der Waals surface area (Å²) in [6.07, 6.45) is 2.73. The first kappa shape index (κ1) is 20.5. The zero-order valence-corrected chi connectivity index (χ0v) is 18.1. The van der Waals surface area contributed by atoms with Crippen molar-refractivity contribution in [3.8, 4) is 17.1 Å². The third-order valence-corrected chi connectivity index (χ3v) is 6.16. The lowest BCUT2D eigenvalue weighted by Crippen LogP contribution is -2.24. The van der Waals surface area contributed by atoms with Gasteiger partial charge in [0, 0.05) is 16.8 Å². The fourth-order valence-corrected chi connectivity index (χ4v) is 4.68. The quantitative estimate of drug-likeness (QED) is 0.629. The van der Waals surface area contributed by atoms with E-state index in [1.54, 1.807) is 36.3 Å². The van der Waals surface area contributed by atoms with Crippen molar-refractivity contribution in [1.82, 2.24) is 9.97 Å². The number of anilines is 2. The monoisotopic (exact) mass is 449 g/mol. The molecule has 2 heterocycles. The highest BCUT2D eigenvalue weighted by molar-refractivity contribution is 6.32. The van der Waals surface area contributed by atoms with Gasteiger partial charge in [-0.05, 0) is 54.7 Å². The Bertz CT molecular complexity index is 1270. The maximum atomic E-state index is 13.1. The predicted octanol–water partition coefficient (Wildman–Crippen LogP) is 4.14. The van der Waals surface area contributed by atoms with Crippen LogP contribution in [-0.4, -0.2) is 34.1 Å². The number of halogens is 1. The summed E-state index contributed by atoms with van der Waals surface area (Å²) in [7, 11) is 1.56. The van der Waals surface area contributed by atoms with Gasteiger partial charge >= 0.3 is 5.97 Å². The number of aromatic nitrogens is 2. The number of carboxylic acids is 1. The lowest BCUT2D eigenvalue weighted by molar-refractivity contribution is -0.136. The summed E-state index contributed by atoms with van der Waals surface area (Å²) >= 11 is 6.32. The highest BCUT2D eigenvalue weighted by atomic mass is 35.5. The molecular weight excluding hydrogens is 430 g/mol. The number of aryl methyl sites for hydroxylation is 1. The minimum Gasteiger partial charge on any atom is -0.495 e. The molecule has 1 amide bonds. The van der Waals surface area contributed by atoms with E-state index in [2.05, 4.69) is 0 Å². The van der Waals surface area contributed by atoms with Crippen LogP contribution in [0.4, 0.5) is 11.5 Å². The normalized spacial score (nSPS) is 14.4. The molecule has 7 nitrogen and oxygen atoms in total. The van der Waals surface area contributed by atoms with E-state index < -0.39 is 5.97 Å². The third kappa shape index (κ3) is 3.48. The van der Waals surface area contributed by atoms with E-state index in [1.165, 1.54) is 0 Å². The lowest BCUT2D eigenvalue weighted by Gasteiger charge is -2.21. The summed E-state index contributed by atoms with van der Waals surface area (Å²) in [5.74, 6) is 0.692. The molecule has 0 unspecified atom stereocenters. The third-order valence-electron chi connectivity index (χ3n) is 5.86. The molecule has 0 saturated carbocycles. The second-order valence-corrected chi connectivity index (χ2v) is 8.35. The summed E-state index contributed by atoms with van der Waals surface area (Å²) in [4.78, 5) is 35.4. The maximum Gasteiger partial charge on any atom is 0.307 e. The van der Waals surface area contributed by atoms with Crippen LogP contribution in [0.15, 0.2) is 36.4 Å². The molecule has 5 rings (SSSR count). The van der Waals surface area contributed by atoms with Gasteiger partial charge in [-0.3, -0.25) is 14.5 Å². The van der Waals surface area contributed by atoms with Crippen LogP contribution in [0.1, 0.15) is 28.8 Å². The molecule has 32 heavy (non-hydrogen) atoms. The van der Waals surface area contributed by atoms with Crippen molar-refractivity contribution in [1.29, 1.82) is 0 Å². The minimum absolute atomic E-state index is 0.0766. The van der Waals surface area contributed by atoms with Crippen LogP contribution in [0.25, 0.3) is 11.4 Å². The molecule has 1 aliphatic heterocycles. The van der Waals surface area contributed by atoms with Crippen LogP contribution in [0, 0.1) is 0 Å². The van der Waals surface area contributed by atoms with E-state index in [0.29, 0.717) is 28.0 Å². The molecule has 3 aromatic rings. The number of carboxylic acid groups (broad SMARTS) is 1. The van der Waals surface area contributed by atoms with E-state index in [0.717, 1.165) is 47.3 Å². The Labute approximate surface area is 189 Å². The van der Waals surface area contributed by atoms with Gasteiger partial charge in [0.25, 0.3) is 0 Å². The number of carbonyl (C=O) groups excluding carboxylic acids is 1. The summed E-state index contributed by atoms with van der Waals surface area (Å²) < 4.78 is 5.24. The highest BCUT2D eigenvalue weighted by Crippen LogP contribution is 2.40. The van der Waals surface area contributed by atoms with Crippen LogP contribution < -0.4 is 9.64 Å². The number of methoxy groups -OCH3 is 1. The van der Waals surface area contributed by atoms with Crippen LogP contribution in [0.2, 0.25) is 5.02 Å². The van der Waals surface area contributed by atoms with Gasteiger partial charge in [-0.25, -0.2) is 9.97 Å². The Kier molecular flexibility index (Phi) is 5.06. The highest BCUT2D eigenvalue weighted by Gasteiger charge is 2.34. The minimum atomic E-state index is -0.900. The zero-order chi connectivity index (χ0) is 22.4. The van der Waals surface area contributed by atoms with E-state index in [-0.39, 0.29) is 18.7 Å².